The number of carboxylic acid groups (broad SMARTS) is 5. The number of carbonyl (C=O) groups is 6. The zero-order valence-corrected chi connectivity index (χ0v) is 25.5. The summed E-state index contributed by atoms with van der Waals surface area (Å²) >= 11 is -11.0. The first-order valence-corrected chi connectivity index (χ1v) is 16.8. The van der Waals surface area contributed by atoms with Crippen molar-refractivity contribution in [2.24, 2.45) is 0 Å². The maximum atomic E-state index is 12.2. The first-order valence-electron chi connectivity index (χ1n) is 9.90. The van der Waals surface area contributed by atoms with Gasteiger partial charge < -0.3 is 40.5 Å². The minimum absolute atomic E-state index is 1.77. The number of aliphatic hydroxyl groups is 2. The van der Waals surface area contributed by atoms with Crippen LogP contribution in [0, 0.1) is 0 Å². The molecule has 0 heterocycles. The second-order valence-corrected chi connectivity index (χ2v) is 11.8. The van der Waals surface area contributed by atoms with E-state index in [-0.39, 0.29) is 0 Å². The fourth-order valence-corrected chi connectivity index (χ4v) is 2.41. The first-order chi connectivity index (χ1) is 20.3. The summed E-state index contributed by atoms with van der Waals surface area (Å²) in [4.78, 5) is 77.9. The van der Waals surface area contributed by atoms with Gasteiger partial charge in [0, 0.05) is 0 Å². The van der Waals surface area contributed by atoms with E-state index in [0.29, 0.717) is 0 Å². The molecule has 46 heavy (non-hydrogen) atoms. The summed E-state index contributed by atoms with van der Waals surface area (Å²) in [6.45, 7) is 0. The molecule has 2 unspecified atom stereocenters. The van der Waals surface area contributed by atoms with Gasteiger partial charge in [0.25, 0.3) is 0 Å². The van der Waals surface area contributed by atoms with E-state index in [1.165, 1.54) is 0 Å². The summed E-state index contributed by atoms with van der Waals surface area (Å²) in [6, 6.07) is 0. The topological polar surface area (TPSA) is 509 Å². The van der Waals surface area contributed by atoms with Crippen LogP contribution in [0.5, 0.6) is 0 Å². The van der Waals surface area contributed by atoms with Gasteiger partial charge in [-0.05, 0) is 0 Å². The predicted octanol–water partition coefficient (Wildman–Crippen LogP) is -6.01. The third-order valence-electron chi connectivity index (χ3n) is 3.76. The third kappa shape index (κ3) is 21.6. The van der Waals surface area contributed by atoms with Crippen molar-refractivity contribution >= 4 is 35.8 Å². The van der Waals surface area contributed by atoms with Crippen molar-refractivity contribution in [3.63, 3.8) is 0 Å². The molecular weight excluding hydrogens is 840 g/mol. The molecule has 0 saturated carbocycles. The van der Waals surface area contributed by atoms with Crippen LogP contribution < -0.4 is 0 Å². The molecule has 0 aliphatic heterocycles. The molecule has 32 heteroatoms. The van der Waals surface area contributed by atoms with Crippen LogP contribution in [-0.2, 0) is 105 Å². The van der Waals surface area contributed by atoms with Crippen LogP contribution in [0.1, 0.15) is 25.7 Å². The van der Waals surface area contributed by atoms with Gasteiger partial charge in [0.2, 0.25) is 0 Å². The van der Waals surface area contributed by atoms with Crippen LogP contribution in [0.3, 0.4) is 0 Å². The van der Waals surface area contributed by atoms with Crippen molar-refractivity contribution in [1.29, 1.82) is 0 Å². The summed E-state index contributed by atoms with van der Waals surface area (Å²) in [5.41, 5.74) is -7.15. The molecule has 0 radical (unpaired) electrons. The summed E-state index contributed by atoms with van der Waals surface area (Å²) < 4.78 is 76.3. The number of ether oxygens (including phenoxy) is 3. The summed E-state index contributed by atoms with van der Waals surface area (Å²) in [5.74, 6) is -13.4. The number of hydrogen-bond donors (Lipinski definition) is 14. The minimum atomic E-state index is -5.52. The molecule has 0 aromatic rings. The average Bonchev–Trinajstić information content (AvgIpc) is 2.79. The van der Waals surface area contributed by atoms with Gasteiger partial charge in [-0.15, -0.1) is 14.7 Å². The van der Waals surface area contributed by atoms with E-state index in [0.717, 1.165) is 0 Å². The third-order valence-corrected chi connectivity index (χ3v) is 3.76. The van der Waals surface area contributed by atoms with E-state index in [1.54, 1.807) is 0 Å². The first kappa shape index (κ1) is 47.2. The standard InChI is InChI=1S/C14H18O22.2Mo.4H2O.4O/c15-5(16)1-11(9(22)23,2-6(17)18)32-13(26,34-28)31-8(21)4-12(10(24)25,3-7(19)20)33-14(27,35-29)36-30;;;;;;;;;;/h26-30H,1-4H2,(H,15,16)(H,17,18)(H,19,20)(H,22,23)(H,24,25);;;4*1H2;;;;/q;2*+2;;;;;;;;/p-4. The fraction of sp³-hybridized carbons (Fsp3) is 0.571. The van der Waals surface area contributed by atoms with E-state index in [4.69, 9.17) is 59.7 Å². The summed E-state index contributed by atoms with van der Waals surface area (Å²) in [6.07, 6.45) is -16.0. The number of hydrogen-bond acceptors (Lipinski definition) is 21. The van der Waals surface area contributed by atoms with Gasteiger partial charge in [-0.3, -0.25) is 28.7 Å². The average molecular weight is 862 g/mol. The number of esters is 1. The second-order valence-electron chi connectivity index (χ2n) is 7.38. The van der Waals surface area contributed by atoms with Crippen molar-refractivity contribution in [2.45, 2.75) is 49.2 Å². The molecule has 2 atom stereocenters. The van der Waals surface area contributed by atoms with Crippen molar-refractivity contribution in [2.75, 3.05) is 0 Å². The van der Waals surface area contributed by atoms with Crippen LogP contribution >= 0.6 is 0 Å². The second kappa shape index (κ2) is 18.9. The van der Waals surface area contributed by atoms with E-state index in [9.17, 15) is 49.2 Å². The molecule has 30 nitrogen and oxygen atoms in total. The molecule has 0 spiro atoms. The molecule has 0 bridgehead atoms. The monoisotopic (exact) mass is 866 g/mol. The van der Waals surface area contributed by atoms with Gasteiger partial charge >= 0.3 is 110 Å². The number of carbonyl (C=O) groups excluding carboxylic acids is 1. The van der Waals surface area contributed by atoms with Gasteiger partial charge in [0.1, 0.15) is 0 Å². The molecule has 0 aromatic carbocycles. The Morgan fingerprint density at radius 2 is 0.739 bits per heavy atom. The van der Waals surface area contributed by atoms with Gasteiger partial charge in [-0.1, -0.05) is 0 Å². The molecule has 0 aliphatic rings. The Bertz CT molecular complexity index is 1230. The molecule has 0 rings (SSSR count). The molecule has 0 aromatic heterocycles. The normalized spacial score (nSPS) is 14.5. The molecule has 0 saturated heterocycles. The van der Waals surface area contributed by atoms with Crippen molar-refractivity contribution in [3.8, 4) is 0 Å². The van der Waals surface area contributed by atoms with Crippen molar-refractivity contribution < 1.29 is 171 Å². The van der Waals surface area contributed by atoms with E-state index in [2.05, 4.69) is 28.9 Å². The van der Waals surface area contributed by atoms with E-state index in [1.807, 2.05) is 0 Å². The molecular formula is C14H22Mo2O30. The van der Waals surface area contributed by atoms with Crippen molar-refractivity contribution in [3.05, 3.63) is 0 Å². The van der Waals surface area contributed by atoms with Gasteiger partial charge in [-0.25, -0.2) is 25.4 Å². The molecule has 0 fully saturated rings. The van der Waals surface area contributed by atoms with E-state index >= 15 is 0 Å². The number of aliphatic carboxylic acids is 5. The van der Waals surface area contributed by atoms with Gasteiger partial charge in [0.05, 0.1) is 25.7 Å². The zero-order valence-electron chi connectivity index (χ0n) is 21.4. The Morgan fingerprint density at radius 1 is 0.500 bits per heavy atom. The fourth-order valence-electron chi connectivity index (χ4n) is 2.41. The van der Waals surface area contributed by atoms with Gasteiger partial charge in [-0.2, -0.15) is 0 Å². The predicted molar refractivity (Wildman–Crippen MR) is 103 cm³/mol. The van der Waals surface area contributed by atoms with Crippen molar-refractivity contribution in [1.82, 2.24) is 0 Å². The molecule has 0 amide bonds. The molecule has 0 aliphatic carbocycles. The Kier molecular flexibility index (Phi) is 19.4. The van der Waals surface area contributed by atoms with Crippen LogP contribution in [0.15, 0.2) is 0 Å². The van der Waals surface area contributed by atoms with Gasteiger partial charge in [0.15, 0.2) is 11.2 Å². The Balaban J connectivity index is -0.00000159. The quantitative estimate of drug-likeness (QED) is 0.0200. The number of rotatable bonds is 18. The van der Waals surface area contributed by atoms with Crippen LogP contribution in [0.2, 0.25) is 0 Å². The zero-order chi connectivity index (χ0) is 37.5. The maximum absolute atomic E-state index is 12.2. The number of carboxylic acids is 5. The Labute approximate surface area is 256 Å². The van der Waals surface area contributed by atoms with Crippen LogP contribution in [-0.4, -0.2) is 126 Å². The van der Waals surface area contributed by atoms with Crippen LogP contribution in [0.4, 0.5) is 0 Å². The molecule has 14 N–H and O–H groups in total. The summed E-state index contributed by atoms with van der Waals surface area (Å²) in [5, 5.41) is 90.4. The SMILES string of the molecule is O=C(O)CC(CC(=O)OC(O)(OO)OC(CC(=O)O)(CC(=O)O)C(=O)O)(OC(O)(OO)OO)C(=O)O.[O]=[Mo](=[O])([OH])[OH].[O]=[Mo](=[O])([OH])[OH]. The molecule has 270 valence electrons. The Hall–Kier alpha value is -3.16. The summed E-state index contributed by atoms with van der Waals surface area (Å²) in [7, 11) is 0. The Morgan fingerprint density at radius 3 is 0.957 bits per heavy atom. The van der Waals surface area contributed by atoms with Crippen LogP contribution in [0.25, 0.3) is 0 Å². The van der Waals surface area contributed by atoms with E-state index < -0.39 is 119 Å².